The fourth-order valence-electron chi connectivity index (χ4n) is 3.38. The molecule has 0 atom stereocenters. The first kappa shape index (κ1) is 22.8. The summed E-state index contributed by atoms with van der Waals surface area (Å²) in [7, 11) is -2.27. The minimum Gasteiger partial charge on any atom is -0.496 e. The van der Waals surface area contributed by atoms with E-state index in [0.29, 0.717) is 24.3 Å². The van der Waals surface area contributed by atoms with Gasteiger partial charge in [-0.15, -0.1) is 0 Å². The average molecular weight is 447 g/mol. The van der Waals surface area contributed by atoms with Gasteiger partial charge in [-0.25, -0.2) is 13.2 Å². The lowest BCUT2D eigenvalue weighted by Gasteiger charge is -2.26. The van der Waals surface area contributed by atoms with E-state index in [1.54, 1.807) is 31.2 Å². The van der Waals surface area contributed by atoms with Crippen molar-refractivity contribution < 1.29 is 27.5 Å². The van der Waals surface area contributed by atoms with Crippen molar-refractivity contribution in [1.29, 1.82) is 0 Å². The number of carbonyl (C=O) groups is 2. The maximum absolute atomic E-state index is 13.0. The van der Waals surface area contributed by atoms with Crippen molar-refractivity contribution in [3.8, 4) is 5.75 Å². The first-order valence-electron chi connectivity index (χ1n) is 10.1. The summed E-state index contributed by atoms with van der Waals surface area (Å²) in [6, 6.07) is 10.5. The molecule has 0 unspecified atom stereocenters. The molecule has 0 radical (unpaired) electrons. The van der Waals surface area contributed by atoms with E-state index in [1.807, 2.05) is 0 Å². The highest BCUT2D eigenvalue weighted by molar-refractivity contribution is 7.89. The first-order chi connectivity index (χ1) is 14.9. The van der Waals surface area contributed by atoms with Gasteiger partial charge in [-0.1, -0.05) is 6.42 Å². The van der Waals surface area contributed by atoms with Gasteiger partial charge in [0.1, 0.15) is 5.75 Å². The zero-order chi connectivity index (χ0) is 22.4. The van der Waals surface area contributed by atoms with E-state index in [1.165, 1.54) is 29.6 Å². The second-order valence-electron chi connectivity index (χ2n) is 7.08. The standard InChI is InChI=1S/C22H26N2O6S/c1-3-30-22(26)16-7-9-17(10-8-16)23-21(25)19-15-18(11-12-20(19)29-2)31(27,28)24-13-5-4-6-14-24/h7-12,15H,3-6,13-14H2,1-2H3,(H,23,25). The summed E-state index contributed by atoms with van der Waals surface area (Å²) in [4.78, 5) is 24.7. The van der Waals surface area contributed by atoms with Crippen LogP contribution in [0, 0.1) is 0 Å². The van der Waals surface area contributed by atoms with Crippen molar-refractivity contribution in [3.63, 3.8) is 0 Å². The molecule has 1 saturated heterocycles. The van der Waals surface area contributed by atoms with Crippen LogP contribution in [0.15, 0.2) is 47.4 Å². The van der Waals surface area contributed by atoms with E-state index >= 15 is 0 Å². The Morgan fingerprint density at radius 3 is 2.32 bits per heavy atom. The van der Waals surface area contributed by atoms with Crippen molar-refractivity contribution in [2.24, 2.45) is 0 Å². The summed E-state index contributed by atoms with van der Waals surface area (Å²) in [5.74, 6) is -0.702. The van der Waals surface area contributed by atoms with Crippen molar-refractivity contribution in [2.45, 2.75) is 31.1 Å². The molecule has 2 aromatic rings. The predicted octanol–water partition coefficient (Wildman–Crippen LogP) is 3.30. The van der Waals surface area contributed by atoms with Gasteiger partial charge < -0.3 is 14.8 Å². The van der Waals surface area contributed by atoms with Gasteiger partial charge in [-0.05, 0) is 62.2 Å². The average Bonchev–Trinajstić information content (AvgIpc) is 2.79. The Morgan fingerprint density at radius 2 is 1.71 bits per heavy atom. The number of piperidine rings is 1. The Balaban J connectivity index is 1.83. The number of hydrogen-bond acceptors (Lipinski definition) is 6. The highest BCUT2D eigenvalue weighted by Crippen LogP contribution is 2.27. The molecular formula is C22H26N2O6S. The van der Waals surface area contributed by atoms with Crippen molar-refractivity contribution >= 4 is 27.6 Å². The number of ether oxygens (including phenoxy) is 2. The van der Waals surface area contributed by atoms with Crippen molar-refractivity contribution in [1.82, 2.24) is 4.31 Å². The number of nitrogens with zero attached hydrogens (tertiary/aromatic N) is 1. The second kappa shape index (κ2) is 9.93. The zero-order valence-corrected chi connectivity index (χ0v) is 18.4. The lowest BCUT2D eigenvalue weighted by Crippen LogP contribution is -2.35. The molecule has 1 heterocycles. The maximum Gasteiger partial charge on any atom is 0.338 e. The Morgan fingerprint density at radius 1 is 1.03 bits per heavy atom. The van der Waals surface area contributed by atoms with E-state index in [9.17, 15) is 18.0 Å². The minimum atomic E-state index is -3.69. The van der Waals surface area contributed by atoms with E-state index in [4.69, 9.17) is 9.47 Å². The molecule has 1 fully saturated rings. The number of rotatable bonds is 7. The summed E-state index contributed by atoms with van der Waals surface area (Å²) in [6.45, 7) is 2.94. The Kier molecular flexibility index (Phi) is 7.29. The van der Waals surface area contributed by atoms with Crippen LogP contribution < -0.4 is 10.1 Å². The SMILES string of the molecule is CCOC(=O)c1ccc(NC(=O)c2cc(S(=O)(=O)N3CCCCC3)ccc2OC)cc1. The molecule has 0 spiro atoms. The Hall–Kier alpha value is -2.91. The maximum atomic E-state index is 13.0. The van der Waals surface area contributed by atoms with Gasteiger partial charge in [0.15, 0.2) is 0 Å². The third kappa shape index (κ3) is 5.23. The number of esters is 1. The number of benzene rings is 2. The van der Waals surface area contributed by atoms with Crippen LogP contribution in [0.25, 0.3) is 0 Å². The molecule has 0 aromatic heterocycles. The van der Waals surface area contributed by atoms with E-state index in [2.05, 4.69) is 5.32 Å². The number of amides is 1. The van der Waals surface area contributed by atoms with Crippen molar-refractivity contribution in [2.75, 3.05) is 32.1 Å². The van der Waals surface area contributed by atoms with Crippen LogP contribution in [0.2, 0.25) is 0 Å². The normalized spacial score (nSPS) is 14.6. The number of nitrogens with one attached hydrogen (secondary N) is 1. The van der Waals surface area contributed by atoms with Crippen LogP contribution in [-0.2, 0) is 14.8 Å². The predicted molar refractivity (Wildman–Crippen MR) is 116 cm³/mol. The van der Waals surface area contributed by atoms with Crippen LogP contribution in [0.4, 0.5) is 5.69 Å². The molecule has 1 amide bonds. The Labute approximate surface area is 182 Å². The van der Waals surface area contributed by atoms with Gasteiger partial charge in [0.2, 0.25) is 10.0 Å². The summed E-state index contributed by atoms with van der Waals surface area (Å²) >= 11 is 0. The van der Waals surface area contributed by atoms with Crippen molar-refractivity contribution in [3.05, 3.63) is 53.6 Å². The number of anilines is 1. The lowest BCUT2D eigenvalue weighted by atomic mass is 10.1. The number of sulfonamides is 1. The monoisotopic (exact) mass is 446 g/mol. The molecule has 2 aromatic carbocycles. The highest BCUT2D eigenvalue weighted by atomic mass is 32.2. The molecule has 1 aliphatic heterocycles. The highest BCUT2D eigenvalue weighted by Gasteiger charge is 2.27. The van der Waals surface area contributed by atoms with Crippen LogP contribution in [-0.4, -0.2) is 51.4 Å². The van der Waals surface area contributed by atoms with Crippen LogP contribution in [0.1, 0.15) is 46.9 Å². The molecule has 0 bridgehead atoms. The summed E-state index contributed by atoms with van der Waals surface area (Å²) < 4.78 is 37.6. The molecular weight excluding hydrogens is 420 g/mol. The molecule has 8 nitrogen and oxygen atoms in total. The van der Waals surface area contributed by atoms with Gasteiger partial charge >= 0.3 is 5.97 Å². The third-order valence-electron chi connectivity index (χ3n) is 5.02. The van der Waals surface area contributed by atoms with Crippen LogP contribution in [0.5, 0.6) is 5.75 Å². The Bertz CT molecular complexity index is 1040. The molecule has 1 N–H and O–H groups in total. The van der Waals surface area contributed by atoms with Gasteiger partial charge in [-0.3, -0.25) is 4.79 Å². The van der Waals surface area contributed by atoms with Gasteiger partial charge in [0.25, 0.3) is 5.91 Å². The van der Waals surface area contributed by atoms with E-state index in [0.717, 1.165) is 19.3 Å². The fourth-order valence-corrected chi connectivity index (χ4v) is 4.93. The van der Waals surface area contributed by atoms with Gasteiger partial charge in [0.05, 0.1) is 29.7 Å². The van der Waals surface area contributed by atoms with Gasteiger partial charge in [-0.2, -0.15) is 4.31 Å². The summed E-state index contributed by atoms with van der Waals surface area (Å²) in [5.41, 5.74) is 0.923. The van der Waals surface area contributed by atoms with E-state index < -0.39 is 21.9 Å². The molecule has 9 heteroatoms. The quantitative estimate of drug-likeness (QED) is 0.655. The smallest absolute Gasteiger partial charge is 0.338 e. The topological polar surface area (TPSA) is 102 Å². The minimum absolute atomic E-state index is 0.0537. The largest absolute Gasteiger partial charge is 0.496 e. The molecule has 0 aliphatic carbocycles. The second-order valence-corrected chi connectivity index (χ2v) is 9.02. The number of hydrogen-bond donors (Lipinski definition) is 1. The molecule has 31 heavy (non-hydrogen) atoms. The number of methoxy groups -OCH3 is 1. The lowest BCUT2D eigenvalue weighted by molar-refractivity contribution is 0.0526. The van der Waals surface area contributed by atoms with Gasteiger partial charge in [0, 0.05) is 18.8 Å². The summed E-state index contributed by atoms with van der Waals surface area (Å²) in [5, 5.41) is 2.71. The molecule has 0 saturated carbocycles. The van der Waals surface area contributed by atoms with Crippen LogP contribution >= 0.6 is 0 Å². The van der Waals surface area contributed by atoms with Crippen LogP contribution in [0.3, 0.4) is 0 Å². The molecule has 1 aliphatic rings. The fraction of sp³-hybridized carbons (Fsp3) is 0.364. The molecule has 166 valence electrons. The van der Waals surface area contributed by atoms with E-state index in [-0.39, 0.29) is 22.8 Å². The summed E-state index contributed by atoms with van der Waals surface area (Å²) in [6.07, 6.45) is 2.66. The first-order valence-corrected chi connectivity index (χ1v) is 11.6. The molecule has 3 rings (SSSR count). The zero-order valence-electron chi connectivity index (χ0n) is 17.6. The third-order valence-corrected chi connectivity index (χ3v) is 6.92. The number of carbonyl (C=O) groups excluding carboxylic acids is 2.